The average Bonchev–Trinajstić information content (AvgIpc) is 3.05. The summed E-state index contributed by atoms with van der Waals surface area (Å²) in [6, 6.07) is 9.73. The van der Waals surface area contributed by atoms with Crippen LogP contribution in [0.25, 0.3) is 0 Å². The summed E-state index contributed by atoms with van der Waals surface area (Å²) in [7, 11) is 0. The normalized spacial score (nSPS) is 16.0. The Kier molecular flexibility index (Phi) is 4.65. The van der Waals surface area contributed by atoms with Gasteiger partial charge in [0.25, 0.3) is 0 Å². The van der Waals surface area contributed by atoms with Crippen LogP contribution in [-0.2, 0) is 11.2 Å². The molecule has 0 spiro atoms. The van der Waals surface area contributed by atoms with Crippen molar-refractivity contribution in [3.8, 4) is 5.75 Å². The number of nitrogens with zero attached hydrogens (tertiary/aromatic N) is 3. The summed E-state index contributed by atoms with van der Waals surface area (Å²) in [5, 5.41) is 4.20. The third kappa shape index (κ3) is 3.23. The highest BCUT2D eigenvalue weighted by atomic mass is 16.5. The Balaban J connectivity index is 1.57. The predicted molar refractivity (Wildman–Crippen MR) is 88.4 cm³/mol. The van der Waals surface area contributed by atoms with E-state index in [0.29, 0.717) is 13.1 Å². The van der Waals surface area contributed by atoms with Gasteiger partial charge in [-0.3, -0.25) is 9.48 Å². The minimum absolute atomic E-state index is 0.0850. The van der Waals surface area contributed by atoms with E-state index in [1.54, 1.807) is 10.9 Å². The summed E-state index contributed by atoms with van der Waals surface area (Å²) in [6.07, 6.45) is 5.32. The van der Waals surface area contributed by atoms with Gasteiger partial charge >= 0.3 is 0 Å². The van der Waals surface area contributed by atoms with Gasteiger partial charge in [-0.25, -0.2) is 0 Å². The van der Waals surface area contributed by atoms with Gasteiger partial charge in [0.1, 0.15) is 17.9 Å². The van der Waals surface area contributed by atoms with Crippen LogP contribution in [0.2, 0.25) is 0 Å². The minimum atomic E-state index is -0.214. The molecule has 5 nitrogen and oxygen atoms in total. The van der Waals surface area contributed by atoms with Crippen LogP contribution in [0.4, 0.5) is 0 Å². The number of aromatic nitrogens is 2. The van der Waals surface area contributed by atoms with E-state index >= 15 is 0 Å². The Hall–Kier alpha value is -2.30. The number of likely N-dealkylation sites (tertiary alicyclic amines) is 1. The van der Waals surface area contributed by atoms with Gasteiger partial charge in [0.2, 0.25) is 5.91 Å². The van der Waals surface area contributed by atoms with Crippen molar-refractivity contribution in [2.75, 3.05) is 13.1 Å². The Morgan fingerprint density at radius 2 is 2.09 bits per heavy atom. The number of hydrogen-bond acceptors (Lipinski definition) is 3. The number of benzene rings is 1. The molecule has 23 heavy (non-hydrogen) atoms. The van der Waals surface area contributed by atoms with E-state index in [1.807, 2.05) is 42.3 Å². The molecule has 0 bridgehead atoms. The van der Waals surface area contributed by atoms with Crippen molar-refractivity contribution >= 4 is 5.91 Å². The molecule has 122 valence electrons. The molecule has 0 N–H and O–H groups in total. The molecule has 1 amide bonds. The van der Waals surface area contributed by atoms with Gasteiger partial charge in [0.15, 0.2) is 0 Å². The van der Waals surface area contributed by atoms with Crippen molar-refractivity contribution in [3.05, 3.63) is 48.3 Å². The van der Waals surface area contributed by atoms with E-state index in [4.69, 9.17) is 4.74 Å². The Labute approximate surface area is 136 Å². The van der Waals surface area contributed by atoms with Crippen molar-refractivity contribution < 1.29 is 9.53 Å². The van der Waals surface area contributed by atoms with E-state index in [1.165, 1.54) is 5.56 Å². The molecule has 1 aromatic carbocycles. The van der Waals surface area contributed by atoms with Crippen LogP contribution in [0, 0.1) is 0 Å². The van der Waals surface area contributed by atoms with Crippen LogP contribution < -0.4 is 4.74 Å². The second-order valence-corrected chi connectivity index (χ2v) is 5.85. The first-order valence-corrected chi connectivity index (χ1v) is 8.25. The average molecular weight is 313 g/mol. The number of carbonyl (C=O) groups excluding carboxylic acids is 1. The van der Waals surface area contributed by atoms with Crippen LogP contribution in [-0.4, -0.2) is 39.8 Å². The van der Waals surface area contributed by atoms with E-state index < -0.39 is 0 Å². The molecule has 2 heterocycles. The number of ether oxygens (including phenoxy) is 1. The number of para-hydroxylation sites is 1. The maximum Gasteiger partial charge on any atom is 0.247 e. The number of amides is 1. The number of rotatable bonds is 6. The molecule has 1 saturated heterocycles. The molecular formula is C18H23N3O2. The van der Waals surface area contributed by atoms with Crippen molar-refractivity contribution in [2.45, 2.75) is 38.8 Å². The molecule has 1 unspecified atom stereocenters. The van der Waals surface area contributed by atoms with Gasteiger partial charge in [-0.1, -0.05) is 32.0 Å². The largest absolute Gasteiger partial charge is 0.486 e. The second kappa shape index (κ2) is 6.86. The fraction of sp³-hybridized carbons (Fsp3) is 0.444. The monoisotopic (exact) mass is 313 g/mol. The standard InChI is InChI=1S/C18H23N3O2/c1-3-14-8-5-6-9-17(14)23-15-12-20(13-15)18(22)16(4-2)21-11-7-10-19-21/h5-11,15-16H,3-4,12-13H2,1-2H3. The molecule has 2 aromatic rings. The molecule has 1 fully saturated rings. The maximum absolute atomic E-state index is 12.6. The first kappa shape index (κ1) is 15.6. The van der Waals surface area contributed by atoms with Gasteiger partial charge in [0.05, 0.1) is 13.1 Å². The molecular weight excluding hydrogens is 290 g/mol. The Bertz CT molecular complexity index is 648. The molecule has 1 aromatic heterocycles. The lowest BCUT2D eigenvalue weighted by atomic mass is 10.1. The first-order chi connectivity index (χ1) is 11.2. The number of carbonyl (C=O) groups is 1. The van der Waals surface area contributed by atoms with Crippen LogP contribution in [0.15, 0.2) is 42.7 Å². The lowest BCUT2D eigenvalue weighted by Gasteiger charge is -2.40. The molecule has 1 aliphatic rings. The van der Waals surface area contributed by atoms with Crippen molar-refractivity contribution in [3.63, 3.8) is 0 Å². The second-order valence-electron chi connectivity index (χ2n) is 5.85. The fourth-order valence-corrected chi connectivity index (χ4v) is 2.93. The highest BCUT2D eigenvalue weighted by Gasteiger charge is 2.36. The Morgan fingerprint density at radius 1 is 1.30 bits per heavy atom. The third-order valence-electron chi connectivity index (χ3n) is 4.32. The summed E-state index contributed by atoms with van der Waals surface area (Å²) in [6.45, 7) is 5.42. The SMILES string of the molecule is CCc1ccccc1OC1CN(C(=O)C(CC)n2cccn2)C1. The summed E-state index contributed by atoms with van der Waals surface area (Å²) in [5.41, 5.74) is 1.21. The molecule has 0 saturated carbocycles. The topological polar surface area (TPSA) is 47.4 Å². The molecule has 0 radical (unpaired) electrons. The van der Waals surface area contributed by atoms with E-state index in [9.17, 15) is 4.79 Å². The van der Waals surface area contributed by atoms with Gasteiger partial charge in [-0.15, -0.1) is 0 Å². The van der Waals surface area contributed by atoms with E-state index in [0.717, 1.165) is 18.6 Å². The van der Waals surface area contributed by atoms with Gasteiger partial charge in [0, 0.05) is 12.4 Å². The zero-order valence-corrected chi connectivity index (χ0v) is 13.7. The molecule has 3 rings (SSSR count). The van der Waals surface area contributed by atoms with Crippen LogP contribution in [0.5, 0.6) is 5.75 Å². The van der Waals surface area contributed by atoms with Crippen molar-refractivity contribution in [1.29, 1.82) is 0 Å². The lowest BCUT2D eigenvalue weighted by molar-refractivity contribution is -0.144. The van der Waals surface area contributed by atoms with Gasteiger partial charge < -0.3 is 9.64 Å². The quantitative estimate of drug-likeness (QED) is 0.824. The maximum atomic E-state index is 12.6. The van der Waals surface area contributed by atoms with Crippen molar-refractivity contribution in [2.24, 2.45) is 0 Å². The highest BCUT2D eigenvalue weighted by Crippen LogP contribution is 2.25. The van der Waals surface area contributed by atoms with Crippen molar-refractivity contribution in [1.82, 2.24) is 14.7 Å². The van der Waals surface area contributed by atoms with Gasteiger partial charge in [-0.05, 0) is 30.5 Å². The lowest BCUT2D eigenvalue weighted by Crippen LogP contribution is -2.57. The molecule has 5 heteroatoms. The zero-order valence-electron chi connectivity index (χ0n) is 13.7. The highest BCUT2D eigenvalue weighted by molar-refractivity contribution is 5.81. The summed E-state index contributed by atoms with van der Waals surface area (Å²) in [5.74, 6) is 1.06. The molecule has 1 atom stereocenters. The first-order valence-electron chi connectivity index (χ1n) is 8.25. The number of hydrogen-bond donors (Lipinski definition) is 0. The summed E-state index contributed by atoms with van der Waals surface area (Å²) >= 11 is 0. The van der Waals surface area contributed by atoms with Gasteiger partial charge in [-0.2, -0.15) is 5.10 Å². The van der Waals surface area contributed by atoms with E-state index in [2.05, 4.69) is 18.1 Å². The summed E-state index contributed by atoms with van der Waals surface area (Å²) < 4.78 is 7.78. The van der Waals surface area contributed by atoms with Crippen LogP contribution in [0.3, 0.4) is 0 Å². The minimum Gasteiger partial charge on any atom is -0.486 e. The zero-order chi connectivity index (χ0) is 16.2. The smallest absolute Gasteiger partial charge is 0.247 e. The molecule has 0 aliphatic carbocycles. The van der Waals surface area contributed by atoms with E-state index in [-0.39, 0.29) is 18.1 Å². The van der Waals surface area contributed by atoms with Crippen LogP contribution >= 0.6 is 0 Å². The third-order valence-corrected chi connectivity index (χ3v) is 4.32. The predicted octanol–water partition coefficient (Wildman–Crippen LogP) is 2.69. The van der Waals surface area contributed by atoms with Crippen LogP contribution in [0.1, 0.15) is 31.9 Å². The summed E-state index contributed by atoms with van der Waals surface area (Å²) in [4.78, 5) is 14.4. The fourth-order valence-electron chi connectivity index (χ4n) is 2.93. The molecule has 1 aliphatic heterocycles. The Morgan fingerprint density at radius 3 is 2.74 bits per heavy atom. The number of aryl methyl sites for hydroxylation is 1.